The molecule has 2 atom stereocenters. The zero-order chi connectivity index (χ0) is 15.1. The summed E-state index contributed by atoms with van der Waals surface area (Å²) in [5, 5.41) is 2.86. The van der Waals surface area contributed by atoms with Gasteiger partial charge < -0.3 is 15.8 Å². The van der Waals surface area contributed by atoms with Crippen LogP contribution in [0.4, 0.5) is 5.69 Å². The second-order valence-corrected chi connectivity index (χ2v) is 6.38. The molecule has 1 rings (SSSR count). The van der Waals surface area contributed by atoms with Crippen molar-refractivity contribution < 1.29 is 13.7 Å². The number of hydrogen-bond donors (Lipinski definition) is 2. The number of nitrogens with one attached hydrogen (secondary N) is 1. The zero-order valence-electron chi connectivity index (χ0n) is 12.1. The molecule has 112 valence electrons. The number of ether oxygens (including phenoxy) is 1. The number of anilines is 1. The summed E-state index contributed by atoms with van der Waals surface area (Å²) in [6, 6.07) is 4.96. The van der Waals surface area contributed by atoms with Gasteiger partial charge in [-0.2, -0.15) is 0 Å². The van der Waals surface area contributed by atoms with Gasteiger partial charge >= 0.3 is 0 Å². The first-order chi connectivity index (χ1) is 9.43. The van der Waals surface area contributed by atoms with Crippen molar-refractivity contribution in [3.8, 4) is 5.75 Å². The van der Waals surface area contributed by atoms with Gasteiger partial charge in [0.1, 0.15) is 5.75 Å². The van der Waals surface area contributed by atoms with Crippen LogP contribution in [0.15, 0.2) is 18.2 Å². The van der Waals surface area contributed by atoms with Gasteiger partial charge in [-0.25, -0.2) is 0 Å². The van der Waals surface area contributed by atoms with E-state index in [0.29, 0.717) is 36.6 Å². The molecule has 2 unspecified atom stereocenters. The lowest BCUT2D eigenvalue weighted by Gasteiger charge is -2.11. The molecule has 0 saturated carbocycles. The van der Waals surface area contributed by atoms with E-state index in [1.165, 1.54) is 0 Å². The van der Waals surface area contributed by atoms with Crippen LogP contribution in [0.3, 0.4) is 0 Å². The predicted molar refractivity (Wildman–Crippen MR) is 82.5 cm³/mol. The molecule has 3 N–H and O–H groups in total. The largest absolute Gasteiger partial charge is 0.494 e. The standard InChI is InChI=1S/C14H22N2O3S/c1-4-19-13-8-11(7-12(15)9-13)14(17)16-6-5-10(2)20(3)18/h7-10H,4-6,15H2,1-3H3,(H,16,17). The summed E-state index contributed by atoms with van der Waals surface area (Å²) in [6.07, 6.45) is 2.34. The molecule has 1 aromatic carbocycles. The number of carbonyl (C=O) groups excluding carboxylic acids is 1. The van der Waals surface area contributed by atoms with Crippen molar-refractivity contribution >= 4 is 22.4 Å². The minimum Gasteiger partial charge on any atom is -0.494 e. The first-order valence-corrected chi connectivity index (χ1v) is 8.20. The lowest BCUT2D eigenvalue weighted by Crippen LogP contribution is -2.27. The van der Waals surface area contributed by atoms with E-state index in [4.69, 9.17) is 10.5 Å². The Kier molecular flexibility index (Phi) is 6.51. The smallest absolute Gasteiger partial charge is 0.251 e. The average Bonchev–Trinajstić information content (AvgIpc) is 2.38. The van der Waals surface area contributed by atoms with Crippen molar-refractivity contribution in [2.24, 2.45) is 0 Å². The molecule has 6 heteroatoms. The summed E-state index contributed by atoms with van der Waals surface area (Å²) in [7, 11) is -0.871. The van der Waals surface area contributed by atoms with Crippen LogP contribution >= 0.6 is 0 Å². The maximum atomic E-state index is 12.0. The molecule has 0 aliphatic rings. The highest BCUT2D eigenvalue weighted by atomic mass is 32.2. The lowest BCUT2D eigenvalue weighted by atomic mass is 10.1. The van der Waals surface area contributed by atoms with Gasteiger partial charge in [-0.3, -0.25) is 9.00 Å². The van der Waals surface area contributed by atoms with Crippen LogP contribution < -0.4 is 15.8 Å². The van der Waals surface area contributed by atoms with Crippen molar-refractivity contribution in [3.05, 3.63) is 23.8 Å². The van der Waals surface area contributed by atoms with Crippen molar-refractivity contribution in [2.75, 3.05) is 25.1 Å². The highest BCUT2D eigenvalue weighted by molar-refractivity contribution is 7.84. The van der Waals surface area contributed by atoms with Crippen LogP contribution in [0.25, 0.3) is 0 Å². The molecular formula is C14H22N2O3S. The molecule has 0 aromatic heterocycles. The fourth-order valence-electron chi connectivity index (χ4n) is 1.66. The summed E-state index contributed by atoms with van der Waals surface area (Å²) >= 11 is 0. The van der Waals surface area contributed by atoms with Gasteiger partial charge in [0.15, 0.2) is 0 Å². The SMILES string of the molecule is CCOc1cc(N)cc(C(=O)NCCC(C)S(C)=O)c1. The Morgan fingerprint density at radius 1 is 1.45 bits per heavy atom. The molecule has 0 aliphatic heterocycles. The van der Waals surface area contributed by atoms with Crippen molar-refractivity contribution in [1.29, 1.82) is 0 Å². The molecule has 20 heavy (non-hydrogen) atoms. The van der Waals surface area contributed by atoms with Crippen LogP contribution in [0.2, 0.25) is 0 Å². The molecule has 0 spiro atoms. The number of nitrogens with two attached hydrogens (primary N) is 1. The van der Waals surface area contributed by atoms with Crippen molar-refractivity contribution in [1.82, 2.24) is 5.32 Å². The van der Waals surface area contributed by atoms with Gasteiger partial charge in [-0.05, 0) is 25.5 Å². The quantitative estimate of drug-likeness (QED) is 0.748. The van der Waals surface area contributed by atoms with Gasteiger partial charge in [0.25, 0.3) is 5.91 Å². The van der Waals surface area contributed by atoms with Crippen LogP contribution in [0, 0.1) is 0 Å². The lowest BCUT2D eigenvalue weighted by molar-refractivity contribution is 0.0953. The molecule has 0 heterocycles. The van der Waals surface area contributed by atoms with Crippen molar-refractivity contribution in [2.45, 2.75) is 25.5 Å². The number of amides is 1. The first kappa shape index (κ1) is 16.5. The predicted octanol–water partition coefficient (Wildman–Crippen LogP) is 1.55. The Labute approximate surface area is 122 Å². The van der Waals surface area contributed by atoms with Gasteiger partial charge in [0, 0.05) is 46.2 Å². The molecule has 0 fully saturated rings. The Balaban J connectivity index is 2.61. The second kappa shape index (κ2) is 7.89. The molecule has 1 aromatic rings. The number of hydrogen-bond acceptors (Lipinski definition) is 4. The summed E-state index contributed by atoms with van der Waals surface area (Å²) in [5.74, 6) is 0.382. The van der Waals surface area contributed by atoms with E-state index in [2.05, 4.69) is 5.32 Å². The molecule has 0 radical (unpaired) electrons. The van der Waals surface area contributed by atoms with E-state index in [1.54, 1.807) is 24.5 Å². The molecule has 0 saturated heterocycles. The molecule has 5 nitrogen and oxygen atoms in total. The normalized spacial score (nSPS) is 13.6. The van der Waals surface area contributed by atoms with Crippen LogP contribution in [0.1, 0.15) is 30.6 Å². The maximum absolute atomic E-state index is 12.0. The van der Waals surface area contributed by atoms with E-state index >= 15 is 0 Å². The van der Waals surface area contributed by atoms with Gasteiger partial charge in [-0.15, -0.1) is 0 Å². The minimum atomic E-state index is -0.871. The number of benzene rings is 1. The topological polar surface area (TPSA) is 81.4 Å². The highest BCUT2D eigenvalue weighted by Crippen LogP contribution is 2.18. The summed E-state index contributed by atoms with van der Waals surface area (Å²) in [6.45, 7) is 4.77. The third-order valence-electron chi connectivity index (χ3n) is 2.91. The summed E-state index contributed by atoms with van der Waals surface area (Å²) < 4.78 is 16.6. The first-order valence-electron chi connectivity index (χ1n) is 6.57. The Morgan fingerprint density at radius 3 is 2.75 bits per heavy atom. The monoisotopic (exact) mass is 298 g/mol. The Bertz CT molecular complexity index is 491. The van der Waals surface area contributed by atoms with Crippen molar-refractivity contribution in [3.63, 3.8) is 0 Å². The number of carbonyl (C=O) groups is 1. The van der Waals surface area contributed by atoms with Gasteiger partial charge in [0.2, 0.25) is 0 Å². The minimum absolute atomic E-state index is 0.0649. The maximum Gasteiger partial charge on any atom is 0.251 e. The van der Waals surface area contributed by atoms with Crippen LogP contribution in [-0.4, -0.2) is 34.8 Å². The van der Waals surface area contributed by atoms with E-state index in [0.717, 1.165) is 0 Å². The van der Waals surface area contributed by atoms with E-state index < -0.39 is 10.8 Å². The second-order valence-electron chi connectivity index (χ2n) is 4.58. The fraction of sp³-hybridized carbons (Fsp3) is 0.500. The summed E-state index contributed by atoms with van der Waals surface area (Å²) in [5.41, 5.74) is 6.70. The van der Waals surface area contributed by atoms with E-state index in [9.17, 15) is 9.00 Å². The number of rotatable bonds is 7. The molecule has 1 amide bonds. The molecule has 0 bridgehead atoms. The fourth-order valence-corrected chi connectivity index (χ4v) is 2.11. The average molecular weight is 298 g/mol. The molecular weight excluding hydrogens is 276 g/mol. The third kappa shape index (κ3) is 5.21. The van der Waals surface area contributed by atoms with E-state index in [1.807, 2.05) is 13.8 Å². The van der Waals surface area contributed by atoms with Gasteiger partial charge in [0.05, 0.1) is 6.61 Å². The highest BCUT2D eigenvalue weighted by Gasteiger charge is 2.10. The van der Waals surface area contributed by atoms with Crippen LogP contribution in [-0.2, 0) is 10.8 Å². The zero-order valence-corrected chi connectivity index (χ0v) is 13.0. The van der Waals surface area contributed by atoms with E-state index in [-0.39, 0.29) is 11.2 Å². The Hall–Kier alpha value is -1.56. The Morgan fingerprint density at radius 2 is 2.15 bits per heavy atom. The van der Waals surface area contributed by atoms with Crippen LogP contribution in [0.5, 0.6) is 5.75 Å². The number of nitrogen functional groups attached to an aromatic ring is 1. The third-order valence-corrected chi connectivity index (χ3v) is 4.27. The summed E-state index contributed by atoms with van der Waals surface area (Å²) in [4.78, 5) is 12.0. The van der Waals surface area contributed by atoms with Gasteiger partial charge in [-0.1, -0.05) is 6.92 Å². The molecule has 0 aliphatic carbocycles.